The lowest BCUT2D eigenvalue weighted by atomic mass is 9.62. The number of Topliss-reactive ketones (excluding diaryl/α,β-unsaturated/α-hetero) is 1. The third-order valence-corrected chi connectivity index (χ3v) is 6.85. The molecule has 0 bridgehead atoms. The van der Waals surface area contributed by atoms with Crippen LogP contribution in [0.4, 0.5) is 5.69 Å². The van der Waals surface area contributed by atoms with E-state index in [1.165, 1.54) is 12.1 Å². The van der Waals surface area contributed by atoms with Crippen molar-refractivity contribution < 1.29 is 9.72 Å². The first-order chi connectivity index (χ1) is 14.9. The van der Waals surface area contributed by atoms with Gasteiger partial charge in [-0.15, -0.1) is 0 Å². The molecular weight excluding hydrogens is 392 g/mol. The zero-order chi connectivity index (χ0) is 22.0. The monoisotopic (exact) mass is 408 g/mol. The number of ketones is 1. The Labute approximate surface area is 177 Å². The van der Waals surface area contributed by atoms with Crippen LogP contribution in [0.5, 0.6) is 0 Å². The molecule has 0 radical (unpaired) electrons. The molecule has 0 saturated carbocycles. The molecule has 7 heteroatoms. The molecule has 1 aliphatic carbocycles. The van der Waals surface area contributed by atoms with E-state index in [1.54, 1.807) is 25.2 Å². The number of hydrogen-bond donors (Lipinski definition) is 0. The molecular formula is C24H16N4O3. The third kappa shape index (κ3) is 2.06. The fourth-order valence-electron chi connectivity index (χ4n) is 5.55. The lowest BCUT2D eigenvalue weighted by Gasteiger charge is -2.39. The van der Waals surface area contributed by atoms with Crippen molar-refractivity contribution in [2.45, 2.75) is 11.5 Å². The quantitative estimate of drug-likeness (QED) is 0.470. The maximum absolute atomic E-state index is 13.9. The zero-order valence-electron chi connectivity index (χ0n) is 16.6. The fraction of sp³-hybridized carbons (Fsp3) is 0.208. The van der Waals surface area contributed by atoms with Crippen LogP contribution in [0.15, 0.2) is 60.7 Å². The summed E-state index contributed by atoms with van der Waals surface area (Å²) < 4.78 is 0. The van der Waals surface area contributed by atoms with Gasteiger partial charge >= 0.3 is 0 Å². The van der Waals surface area contributed by atoms with E-state index in [1.807, 2.05) is 35.2 Å². The van der Waals surface area contributed by atoms with Gasteiger partial charge in [0.25, 0.3) is 5.69 Å². The Hall–Kier alpha value is -4.07. The molecule has 1 saturated heterocycles. The molecule has 3 aromatic rings. The summed E-state index contributed by atoms with van der Waals surface area (Å²) in [6.45, 7) is 0.287. The van der Waals surface area contributed by atoms with Gasteiger partial charge in [-0.2, -0.15) is 10.5 Å². The van der Waals surface area contributed by atoms with Gasteiger partial charge in [-0.05, 0) is 28.9 Å². The highest BCUT2D eigenvalue weighted by Crippen LogP contribution is 2.62. The van der Waals surface area contributed by atoms with Crippen LogP contribution in [-0.4, -0.2) is 29.2 Å². The smallest absolute Gasteiger partial charge is 0.269 e. The SMILES string of the molecule is CN1C[C@H](c2ccc([N+](=O)[O-])cc2)C(C#N)(C#N)[C@]12C(=O)c1cccc3cccc2c13. The van der Waals surface area contributed by atoms with Gasteiger partial charge in [-0.25, -0.2) is 0 Å². The van der Waals surface area contributed by atoms with Crippen molar-refractivity contribution in [3.05, 3.63) is 87.5 Å². The van der Waals surface area contributed by atoms with Gasteiger partial charge in [0.15, 0.2) is 11.2 Å². The van der Waals surface area contributed by atoms with Crippen LogP contribution in [-0.2, 0) is 5.54 Å². The Morgan fingerprint density at radius 3 is 2.32 bits per heavy atom. The van der Waals surface area contributed by atoms with Crippen molar-refractivity contribution in [3.8, 4) is 12.1 Å². The van der Waals surface area contributed by atoms with E-state index in [0.29, 0.717) is 16.7 Å². The number of fused-ring (bicyclic) bond motifs is 1. The average Bonchev–Trinajstić information content (AvgIpc) is 3.21. The van der Waals surface area contributed by atoms with Crippen molar-refractivity contribution in [1.82, 2.24) is 4.90 Å². The molecule has 3 aromatic carbocycles. The van der Waals surface area contributed by atoms with E-state index >= 15 is 0 Å². The highest BCUT2D eigenvalue weighted by Gasteiger charge is 2.72. The Morgan fingerprint density at radius 1 is 1.06 bits per heavy atom. The molecule has 0 amide bonds. The van der Waals surface area contributed by atoms with Crippen LogP contribution in [0.1, 0.15) is 27.4 Å². The lowest BCUT2D eigenvalue weighted by molar-refractivity contribution is -0.384. The molecule has 2 aliphatic rings. The maximum Gasteiger partial charge on any atom is 0.269 e. The number of rotatable bonds is 2. The number of nitro benzene ring substituents is 1. The van der Waals surface area contributed by atoms with Crippen molar-refractivity contribution in [1.29, 1.82) is 10.5 Å². The first-order valence-corrected chi connectivity index (χ1v) is 9.77. The summed E-state index contributed by atoms with van der Waals surface area (Å²) in [7, 11) is 1.76. The van der Waals surface area contributed by atoms with E-state index in [0.717, 1.165) is 10.8 Å². The molecule has 0 N–H and O–H groups in total. The second-order valence-corrected chi connectivity index (χ2v) is 8.06. The van der Waals surface area contributed by atoms with Gasteiger partial charge in [0.1, 0.15) is 5.54 Å². The number of non-ortho nitro benzene ring substituents is 1. The maximum atomic E-state index is 13.9. The Morgan fingerprint density at radius 2 is 1.71 bits per heavy atom. The standard InChI is InChI=1S/C24H16N4O3/c1-27-12-20(15-8-10-17(11-9-15)28(30)31)23(13-25,14-26)24(27)19-7-3-5-16-4-2-6-18(21(16)19)22(24)29/h2-11,20H,12H2,1H3/t20-,24+/m1/s1. The molecule has 150 valence electrons. The normalized spacial score (nSPS) is 23.7. The molecule has 7 nitrogen and oxygen atoms in total. The fourth-order valence-corrected chi connectivity index (χ4v) is 5.55. The van der Waals surface area contributed by atoms with Crippen LogP contribution >= 0.6 is 0 Å². The Bertz CT molecular complexity index is 1350. The Kier molecular flexibility index (Phi) is 3.79. The topological polar surface area (TPSA) is 111 Å². The largest absolute Gasteiger partial charge is 0.292 e. The highest BCUT2D eigenvalue weighted by molar-refractivity contribution is 6.21. The number of nitro groups is 1. The van der Waals surface area contributed by atoms with Gasteiger partial charge in [0.05, 0.1) is 17.1 Å². The van der Waals surface area contributed by atoms with Crippen LogP contribution < -0.4 is 0 Å². The summed E-state index contributed by atoms with van der Waals surface area (Å²) in [6, 6.07) is 21.4. The molecule has 1 spiro atoms. The minimum atomic E-state index is -1.71. The van der Waals surface area contributed by atoms with Crippen LogP contribution in [0.2, 0.25) is 0 Å². The molecule has 2 atom stereocenters. The van der Waals surface area contributed by atoms with Gasteiger partial charge in [-0.3, -0.25) is 19.8 Å². The van der Waals surface area contributed by atoms with Gasteiger partial charge in [-0.1, -0.05) is 48.5 Å². The zero-order valence-corrected chi connectivity index (χ0v) is 16.6. The van der Waals surface area contributed by atoms with E-state index in [2.05, 4.69) is 12.1 Å². The minimum absolute atomic E-state index is 0.0709. The number of nitrogens with zero attached hydrogens (tertiary/aromatic N) is 4. The van der Waals surface area contributed by atoms with Crippen molar-refractivity contribution in [2.75, 3.05) is 13.6 Å². The number of nitriles is 2. The molecule has 1 aliphatic heterocycles. The first-order valence-electron chi connectivity index (χ1n) is 9.77. The lowest BCUT2D eigenvalue weighted by Crippen LogP contribution is -2.53. The number of carbonyl (C=O) groups excluding carboxylic acids is 1. The van der Waals surface area contributed by atoms with E-state index in [4.69, 9.17) is 0 Å². The van der Waals surface area contributed by atoms with Crippen LogP contribution in [0.25, 0.3) is 10.8 Å². The van der Waals surface area contributed by atoms with Crippen molar-refractivity contribution in [2.24, 2.45) is 5.41 Å². The molecule has 5 rings (SSSR count). The number of likely N-dealkylation sites (N-methyl/N-ethyl adjacent to an activating group) is 1. The summed E-state index contributed by atoms with van der Waals surface area (Å²) in [5.74, 6) is -0.879. The number of benzene rings is 3. The van der Waals surface area contributed by atoms with E-state index in [-0.39, 0.29) is 18.0 Å². The second kappa shape index (κ2) is 6.21. The average molecular weight is 408 g/mol. The number of likely N-dealkylation sites (tertiary alicyclic amines) is 1. The Balaban J connectivity index is 1.79. The number of hydrogen-bond acceptors (Lipinski definition) is 6. The predicted octanol–water partition coefficient (Wildman–Crippen LogP) is 3.90. The first kappa shape index (κ1) is 18.9. The van der Waals surface area contributed by atoms with Crippen molar-refractivity contribution in [3.63, 3.8) is 0 Å². The van der Waals surface area contributed by atoms with Crippen molar-refractivity contribution >= 4 is 22.2 Å². The van der Waals surface area contributed by atoms with Gasteiger partial charge < -0.3 is 0 Å². The molecule has 0 aromatic heterocycles. The van der Waals surface area contributed by atoms with E-state index in [9.17, 15) is 25.4 Å². The summed E-state index contributed by atoms with van der Waals surface area (Å²) in [5.41, 5.74) is -1.43. The number of carbonyl (C=O) groups is 1. The molecule has 31 heavy (non-hydrogen) atoms. The summed E-state index contributed by atoms with van der Waals surface area (Å²) in [5, 5.41) is 33.6. The van der Waals surface area contributed by atoms with Crippen LogP contribution in [0.3, 0.4) is 0 Å². The predicted molar refractivity (Wildman–Crippen MR) is 112 cm³/mol. The molecule has 1 fully saturated rings. The van der Waals surface area contributed by atoms with Gasteiger partial charge in [0, 0.05) is 30.2 Å². The van der Waals surface area contributed by atoms with Crippen LogP contribution in [0, 0.1) is 38.2 Å². The second-order valence-electron chi connectivity index (χ2n) is 8.06. The highest BCUT2D eigenvalue weighted by atomic mass is 16.6. The summed E-state index contributed by atoms with van der Waals surface area (Å²) in [6.07, 6.45) is 0. The molecule has 0 unspecified atom stereocenters. The van der Waals surface area contributed by atoms with Gasteiger partial charge in [0.2, 0.25) is 0 Å². The van der Waals surface area contributed by atoms with E-state index < -0.39 is 21.8 Å². The third-order valence-electron chi connectivity index (χ3n) is 6.85. The summed E-state index contributed by atoms with van der Waals surface area (Å²) >= 11 is 0. The molecule has 1 heterocycles. The minimum Gasteiger partial charge on any atom is -0.292 e. The summed E-state index contributed by atoms with van der Waals surface area (Å²) in [4.78, 5) is 26.3.